The SMILES string of the molecule is N#Cc1ccc(NS(=O)(=O)c2cc(Cl)cc(Br)c2)nc1. The number of nitriles is 1. The molecule has 0 aliphatic carbocycles. The van der Waals surface area contributed by atoms with Crippen LogP contribution in [0.1, 0.15) is 5.56 Å². The highest BCUT2D eigenvalue weighted by atomic mass is 79.9. The molecule has 0 atom stereocenters. The summed E-state index contributed by atoms with van der Waals surface area (Å²) in [7, 11) is -3.79. The van der Waals surface area contributed by atoms with Crippen LogP contribution < -0.4 is 4.72 Å². The molecular weight excluding hydrogens is 366 g/mol. The van der Waals surface area contributed by atoms with Crippen molar-refractivity contribution in [3.05, 3.63) is 51.6 Å². The molecule has 2 rings (SSSR count). The van der Waals surface area contributed by atoms with Crippen LogP contribution in [0.2, 0.25) is 5.02 Å². The van der Waals surface area contributed by atoms with Crippen LogP contribution in [0.5, 0.6) is 0 Å². The van der Waals surface area contributed by atoms with Crippen LogP contribution in [0, 0.1) is 11.3 Å². The molecule has 1 aromatic carbocycles. The lowest BCUT2D eigenvalue weighted by atomic mass is 10.3. The Hall–Kier alpha value is -1.62. The summed E-state index contributed by atoms with van der Waals surface area (Å²) in [4.78, 5) is 3.86. The Morgan fingerprint density at radius 3 is 2.60 bits per heavy atom. The predicted molar refractivity (Wildman–Crippen MR) is 78.9 cm³/mol. The molecule has 1 heterocycles. The Morgan fingerprint density at radius 2 is 2.05 bits per heavy atom. The van der Waals surface area contributed by atoms with Crippen molar-refractivity contribution in [1.29, 1.82) is 5.26 Å². The highest BCUT2D eigenvalue weighted by Crippen LogP contribution is 2.24. The Kier molecular flexibility index (Phi) is 4.28. The van der Waals surface area contributed by atoms with Gasteiger partial charge in [-0.2, -0.15) is 5.26 Å². The first-order chi connectivity index (χ1) is 9.40. The number of anilines is 1. The molecule has 0 amide bonds. The van der Waals surface area contributed by atoms with Gasteiger partial charge in [0.25, 0.3) is 10.0 Å². The third kappa shape index (κ3) is 3.48. The normalized spacial score (nSPS) is 10.8. The van der Waals surface area contributed by atoms with E-state index in [-0.39, 0.29) is 10.7 Å². The minimum atomic E-state index is -3.79. The van der Waals surface area contributed by atoms with E-state index in [1.807, 2.05) is 6.07 Å². The zero-order valence-corrected chi connectivity index (χ0v) is 13.0. The topological polar surface area (TPSA) is 82.9 Å². The van der Waals surface area contributed by atoms with Gasteiger partial charge >= 0.3 is 0 Å². The van der Waals surface area contributed by atoms with Gasteiger partial charge < -0.3 is 0 Å². The number of sulfonamides is 1. The minimum Gasteiger partial charge on any atom is -0.263 e. The lowest BCUT2D eigenvalue weighted by molar-refractivity contribution is 0.601. The van der Waals surface area contributed by atoms with Crippen molar-refractivity contribution in [3.8, 4) is 6.07 Å². The van der Waals surface area contributed by atoms with E-state index in [0.717, 1.165) is 0 Å². The molecule has 0 saturated carbocycles. The van der Waals surface area contributed by atoms with Gasteiger partial charge in [-0.05, 0) is 30.3 Å². The van der Waals surface area contributed by atoms with E-state index in [4.69, 9.17) is 16.9 Å². The standard InChI is InChI=1S/C12H7BrClN3O2S/c13-9-3-10(14)5-11(4-9)20(18,19)17-12-2-1-8(6-15)7-16-12/h1-5,7H,(H,16,17). The van der Waals surface area contributed by atoms with Crippen LogP contribution in [-0.2, 0) is 10.0 Å². The fraction of sp³-hybridized carbons (Fsp3) is 0. The summed E-state index contributed by atoms with van der Waals surface area (Å²) in [6, 6.07) is 9.13. The number of aromatic nitrogens is 1. The van der Waals surface area contributed by atoms with Gasteiger partial charge in [0.2, 0.25) is 0 Å². The quantitative estimate of drug-likeness (QED) is 0.897. The van der Waals surface area contributed by atoms with Gasteiger partial charge in [-0.25, -0.2) is 13.4 Å². The number of pyridine rings is 1. The minimum absolute atomic E-state index is 0.0167. The number of nitrogens with one attached hydrogen (secondary N) is 1. The van der Waals surface area contributed by atoms with E-state index >= 15 is 0 Å². The maximum absolute atomic E-state index is 12.2. The first kappa shape index (κ1) is 14.8. The Labute approximate surface area is 129 Å². The summed E-state index contributed by atoms with van der Waals surface area (Å²) in [5, 5.41) is 8.95. The van der Waals surface area contributed by atoms with Crippen molar-refractivity contribution in [2.45, 2.75) is 4.90 Å². The first-order valence-corrected chi connectivity index (χ1v) is 7.91. The van der Waals surface area contributed by atoms with Gasteiger partial charge in [-0.3, -0.25) is 4.72 Å². The zero-order valence-electron chi connectivity index (χ0n) is 9.84. The number of rotatable bonds is 3. The van der Waals surface area contributed by atoms with Crippen LogP contribution in [0.3, 0.4) is 0 Å². The molecule has 0 fully saturated rings. The van der Waals surface area contributed by atoms with E-state index < -0.39 is 10.0 Å². The van der Waals surface area contributed by atoms with E-state index in [1.54, 1.807) is 6.07 Å². The molecule has 0 radical (unpaired) electrons. The number of nitrogens with zero attached hydrogens (tertiary/aromatic N) is 2. The maximum Gasteiger partial charge on any atom is 0.263 e. The van der Waals surface area contributed by atoms with Crippen molar-refractivity contribution >= 4 is 43.4 Å². The van der Waals surface area contributed by atoms with Gasteiger partial charge in [0.1, 0.15) is 11.9 Å². The highest BCUT2D eigenvalue weighted by molar-refractivity contribution is 9.10. The van der Waals surface area contributed by atoms with Crippen LogP contribution in [0.15, 0.2) is 45.9 Å². The summed E-state index contributed by atoms with van der Waals surface area (Å²) in [6.07, 6.45) is 1.28. The molecule has 0 aliphatic rings. The zero-order chi connectivity index (χ0) is 14.8. The van der Waals surface area contributed by atoms with E-state index in [2.05, 4.69) is 25.6 Å². The van der Waals surface area contributed by atoms with Crippen molar-refractivity contribution in [2.75, 3.05) is 4.72 Å². The molecular formula is C12H7BrClN3O2S. The molecule has 0 bridgehead atoms. The number of benzene rings is 1. The molecule has 5 nitrogen and oxygen atoms in total. The fourth-order valence-electron chi connectivity index (χ4n) is 1.40. The second-order valence-electron chi connectivity index (χ2n) is 3.75. The molecule has 0 unspecified atom stereocenters. The molecule has 0 saturated heterocycles. The van der Waals surface area contributed by atoms with E-state index in [0.29, 0.717) is 15.1 Å². The van der Waals surface area contributed by atoms with Gasteiger partial charge in [0.05, 0.1) is 10.5 Å². The third-order valence-corrected chi connectivity index (χ3v) is 4.29. The summed E-state index contributed by atoms with van der Waals surface area (Å²) >= 11 is 9.01. The van der Waals surface area contributed by atoms with Gasteiger partial charge in [0.15, 0.2) is 0 Å². The summed E-state index contributed by atoms with van der Waals surface area (Å²) in [6.45, 7) is 0. The van der Waals surface area contributed by atoms with Crippen LogP contribution in [0.4, 0.5) is 5.82 Å². The summed E-state index contributed by atoms with van der Waals surface area (Å²) < 4.78 is 27.2. The Bertz CT molecular complexity index is 765. The van der Waals surface area contributed by atoms with Gasteiger partial charge in [-0.15, -0.1) is 0 Å². The molecule has 2 aromatic rings. The van der Waals surface area contributed by atoms with E-state index in [1.165, 1.54) is 30.5 Å². The first-order valence-electron chi connectivity index (χ1n) is 5.26. The molecule has 0 spiro atoms. The summed E-state index contributed by atoms with van der Waals surface area (Å²) in [5.74, 6) is 0.125. The second kappa shape index (κ2) is 5.79. The van der Waals surface area contributed by atoms with Gasteiger partial charge in [0, 0.05) is 15.7 Å². The van der Waals surface area contributed by atoms with Crippen molar-refractivity contribution in [1.82, 2.24) is 4.98 Å². The van der Waals surface area contributed by atoms with Crippen LogP contribution >= 0.6 is 27.5 Å². The second-order valence-corrected chi connectivity index (χ2v) is 6.79. The fourth-order valence-corrected chi connectivity index (χ4v) is 3.56. The average Bonchev–Trinajstić information content (AvgIpc) is 2.38. The number of halogens is 2. The molecule has 1 aromatic heterocycles. The van der Waals surface area contributed by atoms with Crippen molar-refractivity contribution in [2.24, 2.45) is 0 Å². The average molecular weight is 373 g/mol. The molecule has 8 heteroatoms. The molecule has 0 aliphatic heterocycles. The maximum atomic E-state index is 12.2. The molecule has 20 heavy (non-hydrogen) atoms. The lowest BCUT2D eigenvalue weighted by Crippen LogP contribution is -2.14. The van der Waals surface area contributed by atoms with E-state index in [9.17, 15) is 8.42 Å². The van der Waals surface area contributed by atoms with Crippen molar-refractivity contribution in [3.63, 3.8) is 0 Å². The number of hydrogen-bond acceptors (Lipinski definition) is 4. The predicted octanol–water partition coefficient (Wildman–Crippen LogP) is 3.17. The molecule has 102 valence electrons. The van der Waals surface area contributed by atoms with Gasteiger partial charge in [-0.1, -0.05) is 27.5 Å². The Balaban J connectivity index is 2.33. The Morgan fingerprint density at radius 1 is 1.30 bits per heavy atom. The lowest BCUT2D eigenvalue weighted by Gasteiger charge is -2.08. The summed E-state index contributed by atoms with van der Waals surface area (Å²) in [5.41, 5.74) is 0.346. The number of hydrogen-bond donors (Lipinski definition) is 1. The largest absolute Gasteiger partial charge is 0.263 e. The van der Waals surface area contributed by atoms with Crippen LogP contribution in [0.25, 0.3) is 0 Å². The smallest absolute Gasteiger partial charge is 0.263 e. The van der Waals surface area contributed by atoms with Crippen molar-refractivity contribution < 1.29 is 8.42 Å². The monoisotopic (exact) mass is 371 g/mol. The van der Waals surface area contributed by atoms with Crippen LogP contribution in [-0.4, -0.2) is 13.4 Å². The highest BCUT2D eigenvalue weighted by Gasteiger charge is 2.16. The third-order valence-electron chi connectivity index (χ3n) is 2.28. The molecule has 1 N–H and O–H groups in total.